The fraction of sp³-hybridized carbons (Fsp3) is 0.263. The maximum absolute atomic E-state index is 12.1. The molecule has 0 unspecified atom stereocenters. The molecule has 0 saturated heterocycles. The number of carbonyl (C=O) groups is 1. The molecule has 1 N–H and O–H groups in total. The monoisotopic (exact) mass is 356 g/mol. The fourth-order valence-electron chi connectivity index (χ4n) is 2.52. The van der Waals surface area contributed by atoms with Gasteiger partial charge in [0.05, 0.1) is 10.2 Å². The predicted octanol–water partition coefficient (Wildman–Crippen LogP) is 5.42. The molecule has 5 heteroatoms. The molecule has 0 spiro atoms. The van der Waals surface area contributed by atoms with Crippen LogP contribution in [-0.4, -0.2) is 16.6 Å². The molecule has 0 aliphatic rings. The first-order valence-corrected chi connectivity index (χ1v) is 9.78. The molecule has 0 aliphatic carbocycles. The highest BCUT2D eigenvalue weighted by atomic mass is 32.2. The molecule has 0 bridgehead atoms. The molecule has 0 fully saturated rings. The van der Waals surface area contributed by atoms with Gasteiger partial charge >= 0.3 is 0 Å². The number of hydrogen-bond donors (Lipinski definition) is 1. The summed E-state index contributed by atoms with van der Waals surface area (Å²) in [7, 11) is 0. The van der Waals surface area contributed by atoms with Crippen LogP contribution in [0.1, 0.15) is 24.0 Å². The average Bonchev–Trinajstić information content (AvgIpc) is 2.98. The molecular weight excluding hydrogens is 336 g/mol. The quantitative estimate of drug-likeness (QED) is 0.473. The molecule has 1 amide bonds. The Morgan fingerprint density at radius 1 is 1.12 bits per heavy atom. The number of nitrogens with one attached hydrogen (secondary N) is 1. The van der Waals surface area contributed by atoms with Crippen molar-refractivity contribution in [2.75, 3.05) is 11.1 Å². The highest BCUT2D eigenvalue weighted by molar-refractivity contribution is 8.01. The first kappa shape index (κ1) is 17.0. The van der Waals surface area contributed by atoms with E-state index in [0.717, 1.165) is 38.8 Å². The van der Waals surface area contributed by atoms with E-state index in [4.69, 9.17) is 0 Å². The molecule has 3 aromatic rings. The van der Waals surface area contributed by atoms with Crippen molar-refractivity contribution in [3.63, 3.8) is 0 Å². The van der Waals surface area contributed by atoms with E-state index >= 15 is 0 Å². The minimum absolute atomic E-state index is 0.0808. The van der Waals surface area contributed by atoms with Crippen LogP contribution in [0, 0.1) is 13.8 Å². The smallest absolute Gasteiger partial charge is 0.224 e. The van der Waals surface area contributed by atoms with Crippen molar-refractivity contribution < 1.29 is 4.79 Å². The zero-order valence-electron chi connectivity index (χ0n) is 13.8. The molecular formula is C19H20N2OS2. The number of benzene rings is 2. The number of aromatic nitrogens is 1. The molecule has 1 heterocycles. The van der Waals surface area contributed by atoms with E-state index in [1.165, 1.54) is 4.70 Å². The van der Waals surface area contributed by atoms with E-state index < -0.39 is 0 Å². The van der Waals surface area contributed by atoms with Crippen LogP contribution in [0.3, 0.4) is 0 Å². The second kappa shape index (κ2) is 7.81. The summed E-state index contributed by atoms with van der Waals surface area (Å²) in [4.78, 5) is 16.7. The number of aryl methyl sites for hydroxylation is 2. The molecule has 0 atom stereocenters. The number of amides is 1. The minimum Gasteiger partial charge on any atom is -0.326 e. The van der Waals surface area contributed by atoms with Crippen molar-refractivity contribution in [3.05, 3.63) is 53.6 Å². The third-order valence-electron chi connectivity index (χ3n) is 3.79. The number of rotatable bonds is 6. The second-order valence-electron chi connectivity index (χ2n) is 5.71. The van der Waals surface area contributed by atoms with Crippen LogP contribution in [0.5, 0.6) is 0 Å². The highest BCUT2D eigenvalue weighted by Crippen LogP contribution is 2.29. The molecule has 0 saturated carbocycles. The highest BCUT2D eigenvalue weighted by Gasteiger charge is 2.08. The number of fused-ring (bicyclic) bond motifs is 1. The summed E-state index contributed by atoms with van der Waals surface area (Å²) in [6, 6.07) is 14.2. The van der Waals surface area contributed by atoms with E-state index in [0.29, 0.717) is 6.42 Å². The van der Waals surface area contributed by atoms with Crippen LogP contribution >= 0.6 is 23.1 Å². The Labute approximate surface area is 150 Å². The topological polar surface area (TPSA) is 42.0 Å². The van der Waals surface area contributed by atoms with Crippen molar-refractivity contribution in [2.45, 2.75) is 31.0 Å². The Balaban J connectivity index is 1.47. The summed E-state index contributed by atoms with van der Waals surface area (Å²) < 4.78 is 2.29. The molecule has 1 aromatic heterocycles. The van der Waals surface area contributed by atoms with Gasteiger partial charge in [0.25, 0.3) is 0 Å². The lowest BCUT2D eigenvalue weighted by molar-refractivity contribution is -0.116. The number of para-hydroxylation sites is 2. The zero-order chi connectivity index (χ0) is 16.9. The predicted molar refractivity (Wildman–Crippen MR) is 104 cm³/mol. The Hall–Kier alpha value is -1.85. The van der Waals surface area contributed by atoms with E-state index in [9.17, 15) is 4.79 Å². The third-order valence-corrected chi connectivity index (χ3v) is 6.06. The van der Waals surface area contributed by atoms with Crippen LogP contribution < -0.4 is 5.32 Å². The Morgan fingerprint density at radius 3 is 2.62 bits per heavy atom. The molecule has 24 heavy (non-hydrogen) atoms. The maximum Gasteiger partial charge on any atom is 0.224 e. The summed E-state index contributed by atoms with van der Waals surface area (Å²) in [5, 5.41) is 3.04. The van der Waals surface area contributed by atoms with Gasteiger partial charge in [0.2, 0.25) is 5.91 Å². The number of hydrogen-bond acceptors (Lipinski definition) is 4. The van der Waals surface area contributed by atoms with Crippen molar-refractivity contribution >= 4 is 44.9 Å². The second-order valence-corrected chi connectivity index (χ2v) is 8.09. The summed E-state index contributed by atoms with van der Waals surface area (Å²) in [5.74, 6) is 0.984. The van der Waals surface area contributed by atoms with Gasteiger partial charge in [-0.1, -0.05) is 42.1 Å². The van der Waals surface area contributed by atoms with Gasteiger partial charge in [-0.15, -0.1) is 11.3 Å². The first-order chi connectivity index (χ1) is 11.6. The molecule has 3 nitrogen and oxygen atoms in total. The number of thiazole rings is 1. The first-order valence-electron chi connectivity index (χ1n) is 7.98. The van der Waals surface area contributed by atoms with E-state index in [1.807, 2.05) is 50.2 Å². The third kappa shape index (κ3) is 4.16. The number of thioether (sulfide) groups is 1. The molecule has 0 aliphatic heterocycles. The zero-order valence-corrected chi connectivity index (χ0v) is 15.5. The van der Waals surface area contributed by atoms with Crippen molar-refractivity contribution in [1.82, 2.24) is 4.98 Å². The van der Waals surface area contributed by atoms with Crippen LogP contribution in [0.15, 0.2) is 46.8 Å². The molecule has 2 aromatic carbocycles. The summed E-state index contributed by atoms with van der Waals surface area (Å²) in [6.45, 7) is 4.04. The van der Waals surface area contributed by atoms with Crippen molar-refractivity contribution in [2.24, 2.45) is 0 Å². The Bertz CT molecular complexity index is 804. The van der Waals surface area contributed by atoms with Gasteiger partial charge in [0, 0.05) is 17.9 Å². The molecule has 0 radical (unpaired) electrons. The van der Waals surface area contributed by atoms with Gasteiger partial charge in [-0.2, -0.15) is 0 Å². The van der Waals surface area contributed by atoms with Gasteiger partial charge < -0.3 is 5.32 Å². The largest absolute Gasteiger partial charge is 0.326 e. The van der Waals surface area contributed by atoms with Crippen LogP contribution in [-0.2, 0) is 4.79 Å². The lowest BCUT2D eigenvalue weighted by atomic mass is 10.1. The van der Waals surface area contributed by atoms with Gasteiger partial charge in [-0.05, 0) is 43.5 Å². The number of carbonyl (C=O) groups excluding carboxylic acids is 1. The molecule has 3 rings (SSSR count). The fourth-order valence-corrected chi connectivity index (χ4v) is 4.60. The SMILES string of the molecule is Cc1cccc(C)c1NC(=O)CCCSc1nc2ccccc2s1. The van der Waals surface area contributed by atoms with Gasteiger partial charge in [-0.3, -0.25) is 4.79 Å². The van der Waals surface area contributed by atoms with Crippen LogP contribution in [0.2, 0.25) is 0 Å². The Morgan fingerprint density at radius 2 is 1.88 bits per heavy atom. The summed E-state index contributed by atoms with van der Waals surface area (Å²) >= 11 is 3.44. The normalized spacial score (nSPS) is 10.9. The number of nitrogens with zero attached hydrogens (tertiary/aromatic N) is 1. The Kier molecular flexibility index (Phi) is 5.53. The van der Waals surface area contributed by atoms with Crippen LogP contribution in [0.25, 0.3) is 10.2 Å². The standard InChI is InChI=1S/C19H20N2OS2/c1-13-7-5-8-14(2)18(13)21-17(22)11-6-12-23-19-20-15-9-3-4-10-16(15)24-19/h3-5,7-10H,6,11-12H2,1-2H3,(H,21,22). The number of anilines is 1. The molecule has 124 valence electrons. The summed E-state index contributed by atoms with van der Waals surface area (Å²) in [6.07, 6.45) is 1.38. The average molecular weight is 357 g/mol. The van der Waals surface area contributed by atoms with E-state index in [1.54, 1.807) is 23.1 Å². The van der Waals surface area contributed by atoms with Crippen molar-refractivity contribution in [3.8, 4) is 0 Å². The van der Waals surface area contributed by atoms with Gasteiger partial charge in [0.1, 0.15) is 0 Å². The van der Waals surface area contributed by atoms with E-state index in [2.05, 4.69) is 16.4 Å². The van der Waals surface area contributed by atoms with Crippen molar-refractivity contribution in [1.29, 1.82) is 0 Å². The van der Waals surface area contributed by atoms with E-state index in [-0.39, 0.29) is 5.91 Å². The summed E-state index contributed by atoms with van der Waals surface area (Å²) in [5.41, 5.74) is 4.21. The lowest BCUT2D eigenvalue weighted by Gasteiger charge is -2.11. The van der Waals surface area contributed by atoms with Gasteiger partial charge in [-0.25, -0.2) is 4.98 Å². The maximum atomic E-state index is 12.1. The van der Waals surface area contributed by atoms with Crippen LogP contribution in [0.4, 0.5) is 5.69 Å². The lowest BCUT2D eigenvalue weighted by Crippen LogP contribution is -2.13. The van der Waals surface area contributed by atoms with Gasteiger partial charge in [0.15, 0.2) is 4.34 Å². The minimum atomic E-state index is 0.0808.